The third-order valence-electron chi connectivity index (χ3n) is 4.93. The number of benzene rings is 2. The van der Waals surface area contributed by atoms with Crippen molar-refractivity contribution in [3.8, 4) is 5.75 Å². The van der Waals surface area contributed by atoms with Crippen molar-refractivity contribution in [1.29, 1.82) is 0 Å². The molecule has 2 N–H and O–H groups in total. The van der Waals surface area contributed by atoms with Gasteiger partial charge < -0.3 is 15.2 Å². The van der Waals surface area contributed by atoms with E-state index in [4.69, 9.17) is 4.74 Å². The first kappa shape index (κ1) is 19.7. The summed E-state index contributed by atoms with van der Waals surface area (Å²) in [6.07, 6.45) is 1.79. The number of imidazole rings is 1. The molecular weight excluding hydrogens is 378 g/mol. The molecular formula is C24H23N3O3. The predicted molar refractivity (Wildman–Crippen MR) is 114 cm³/mol. The molecule has 4 rings (SSSR count). The molecule has 0 saturated carbocycles. The lowest BCUT2D eigenvalue weighted by atomic mass is 10.1. The van der Waals surface area contributed by atoms with E-state index in [1.54, 1.807) is 17.5 Å². The molecule has 0 radical (unpaired) electrons. The summed E-state index contributed by atoms with van der Waals surface area (Å²) in [6, 6.07) is 22.4. The SMILES string of the molecule is Cc1nc2c(OCc3ccccc3)cccn2c1C(=O)N[C@@H](CO)c1ccccc1. The van der Waals surface area contributed by atoms with Gasteiger partial charge in [0.1, 0.15) is 12.3 Å². The zero-order chi connectivity index (χ0) is 20.9. The van der Waals surface area contributed by atoms with Crippen LogP contribution >= 0.6 is 0 Å². The molecule has 4 aromatic rings. The molecule has 1 amide bonds. The summed E-state index contributed by atoms with van der Waals surface area (Å²) in [4.78, 5) is 17.6. The van der Waals surface area contributed by atoms with Crippen molar-refractivity contribution in [2.45, 2.75) is 19.6 Å². The van der Waals surface area contributed by atoms with Crippen LogP contribution in [-0.4, -0.2) is 27.0 Å². The van der Waals surface area contributed by atoms with Crippen molar-refractivity contribution < 1.29 is 14.6 Å². The van der Waals surface area contributed by atoms with Gasteiger partial charge in [-0.2, -0.15) is 0 Å². The lowest BCUT2D eigenvalue weighted by Crippen LogP contribution is -2.32. The zero-order valence-electron chi connectivity index (χ0n) is 16.7. The number of hydrogen-bond acceptors (Lipinski definition) is 4. The average Bonchev–Trinajstić information content (AvgIpc) is 3.13. The number of amides is 1. The maximum Gasteiger partial charge on any atom is 0.270 e. The first-order valence-corrected chi connectivity index (χ1v) is 9.78. The highest BCUT2D eigenvalue weighted by Crippen LogP contribution is 2.24. The Hall–Kier alpha value is -3.64. The van der Waals surface area contributed by atoms with E-state index >= 15 is 0 Å². The van der Waals surface area contributed by atoms with Crippen molar-refractivity contribution in [1.82, 2.24) is 14.7 Å². The molecule has 6 heteroatoms. The van der Waals surface area contributed by atoms with Gasteiger partial charge in [0.25, 0.3) is 5.91 Å². The number of pyridine rings is 1. The number of nitrogens with one attached hydrogen (secondary N) is 1. The standard InChI is InChI=1S/C24H23N3O3/c1-17-22(24(29)26-20(15-28)19-11-6-3-7-12-19)27-14-8-13-21(23(27)25-17)30-16-18-9-4-2-5-10-18/h2-14,20,28H,15-16H2,1H3,(H,26,29)/t20-/m0/s1. The smallest absolute Gasteiger partial charge is 0.270 e. The largest absolute Gasteiger partial charge is 0.485 e. The average molecular weight is 401 g/mol. The van der Waals surface area contributed by atoms with Crippen LogP contribution in [0.2, 0.25) is 0 Å². The van der Waals surface area contributed by atoms with Gasteiger partial charge in [-0.1, -0.05) is 60.7 Å². The number of aliphatic hydroxyl groups is 1. The molecule has 0 unspecified atom stereocenters. The Kier molecular flexibility index (Phi) is 5.77. The third-order valence-corrected chi connectivity index (χ3v) is 4.93. The molecule has 0 fully saturated rings. The Morgan fingerprint density at radius 1 is 1.07 bits per heavy atom. The molecule has 30 heavy (non-hydrogen) atoms. The molecule has 0 spiro atoms. The van der Waals surface area contributed by atoms with Crippen LogP contribution in [0.5, 0.6) is 5.75 Å². The minimum Gasteiger partial charge on any atom is -0.485 e. The highest BCUT2D eigenvalue weighted by atomic mass is 16.5. The highest BCUT2D eigenvalue weighted by Gasteiger charge is 2.22. The molecule has 0 bridgehead atoms. The number of aliphatic hydroxyl groups excluding tert-OH is 1. The van der Waals surface area contributed by atoms with Crippen molar-refractivity contribution in [2.75, 3.05) is 6.61 Å². The first-order valence-electron chi connectivity index (χ1n) is 9.78. The maximum atomic E-state index is 13.1. The summed E-state index contributed by atoms with van der Waals surface area (Å²) in [6.45, 7) is 2.00. The van der Waals surface area contributed by atoms with Crippen LogP contribution < -0.4 is 10.1 Å². The van der Waals surface area contributed by atoms with Gasteiger partial charge in [-0.3, -0.25) is 9.20 Å². The Labute approximate surface area is 174 Å². The van der Waals surface area contributed by atoms with Crippen LogP contribution in [0.3, 0.4) is 0 Å². The highest BCUT2D eigenvalue weighted by molar-refractivity contribution is 5.95. The fraction of sp³-hybridized carbons (Fsp3) is 0.167. The molecule has 2 aromatic carbocycles. The van der Waals surface area contributed by atoms with Crippen LogP contribution in [0.25, 0.3) is 5.65 Å². The molecule has 6 nitrogen and oxygen atoms in total. The van der Waals surface area contributed by atoms with E-state index in [0.717, 1.165) is 11.1 Å². The molecule has 2 heterocycles. The van der Waals surface area contributed by atoms with Crippen molar-refractivity contribution >= 4 is 11.6 Å². The minimum absolute atomic E-state index is 0.197. The number of nitrogens with zero attached hydrogens (tertiary/aromatic N) is 2. The second-order valence-corrected chi connectivity index (χ2v) is 7.01. The van der Waals surface area contributed by atoms with Gasteiger partial charge in [-0.05, 0) is 30.2 Å². The Morgan fingerprint density at radius 3 is 2.47 bits per heavy atom. The Balaban J connectivity index is 1.60. The maximum absolute atomic E-state index is 13.1. The molecule has 0 saturated heterocycles. The number of rotatable bonds is 7. The summed E-state index contributed by atoms with van der Waals surface area (Å²) in [5.74, 6) is 0.299. The summed E-state index contributed by atoms with van der Waals surface area (Å²) in [5, 5.41) is 12.7. The molecule has 0 aliphatic carbocycles. The first-order chi connectivity index (χ1) is 14.7. The molecule has 152 valence electrons. The van der Waals surface area contributed by atoms with Crippen LogP contribution in [0, 0.1) is 6.92 Å². The molecule has 0 aliphatic heterocycles. The van der Waals surface area contributed by atoms with E-state index in [-0.39, 0.29) is 12.5 Å². The number of carbonyl (C=O) groups excluding carboxylic acids is 1. The van der Waals surface area contributed by atoms with Gasteiger partial charge in [-0.15, -0.1) is 0 Å². The van der Waals surface area contributed by atoms with Gasteiger partial charge in [0.15, 0.2) is 11.4 Å². The van der Waals surface area contributed by atoms with Gasteiger partial charge in [0, 0.05) is 6.20 Å². The summed E-state index contributed by atoms with van der Waals surface area (Å²) < 4.78 is 7.70. The summed E-state index contributed by atoms with van der Waals surface area (Å²) in [7, 11) is 0. The van der Waals surface area contributed by atoms with Crippen LogP contribution in [0.15, 0.2) is 79.0 Å². The van der Waals surface area contributed by atoms with Gasteiger partial charge >= 0.3 is 0 Å². The van der Waals surface area contributed by atoms with Crippen molar-refractivity contribution in [3.63, 3.8) is 0 Å². The van der Waals surface area contributed by atoms with Crippen molar-refractivity contribution in [2.24, 2.45) is 0 Å². The second-order valence-electron chi connectivity index (χ2n) is 7.01. The number of hydrogen-bond donors (Lipinski definition) is 2. The van der Waals surface area contributed by atoms with Crippen LogP contribution in [0.4, 0.5) is 0 Å². The van der Waals surface area contributed by atoms with E-state index < -0.39 is 6.04 Å². The summed E-state index contributed by atoms with van der Waals surface area (Å²) in [5.41, 5.74) is 3.48. The summed E-state index contributed by atoms with van der Waals surface area (Å²) >= 11 is 0. The van der Waals surface area contributed by atoms with Crippen LogP contribution in [0.1, 0.15) is 33.4 Å². The number of ether oxygens (including phenoxy) is 1. The zero-order valence-corrected chi connectivity index (χ0v) is 16.7. The van der Waals surface area contributed by atoms with E-state index in [1.807, 2.05) is 72.8 Å². The van der Waals surface area contributed by atoms with Crippen LogP contribution in [-0.2, 0) is 6.61 Å². The normalized spacial score (nSPS) is 11.9. The van der Waals surface area contributed by atoms with Gasteiger partial charge in [0.2, 0.25) is 0 Å². The number of carbonyl (C=O) groups is 1. The molecule has 1 atom stereocenters. The lowest BCUT2D eigenvalue weighted by Gasteiger charge is -2.17. The fourth-order valence-electron chi connectivity index (χ4n) is 3.42. The number of aryl methyl sites for hydroxylation is 1. The van der Waals surface area contributed by atoms with Gasteiger partial charge in [0.05, 0.1) is 18.3 Å². The van der Waals surface area contributed by atoms with E-state index in [9.17, 15) is 9.90 Å². The van der Waals surface area contributed by atoms with E-state index in [0.29, 0.717) is 29.4 Å². The Morgan fingerprint density at radius 2 is 1.77 bits per heavy atom. The lowest BCUT2D eigenvalue weighted by molar-refractivity contribution is 0.0909. The molecule has 0 aliphatic rings. The van der Waals surface area contributed by atoms with E-state index in [1.165, 1.54) is 0 Å². The topological polar surface area (TPSA) is 75.9 Å². The monoisotopic (exact) mass is 401 g/mol. The minimum atomic E-state index is -0.499. The Bertz CT molecular complexity index is 1140. The number of aromatic nitrogens is 2. The van der Waals surface area contributed by atoms with E-state index in [2.05, 4.69) is 10.3 Å². The number of fused-ring (bicyclic) bond motifs is 1. The third kappa shape index (κ3) is 4.04. The van der Waals surface area contributed by atoms with Gasteiger partial charge in [-0.25, -0.2) is 4.98 Å². The second kappa shape index (κ2) is 8.80. The fourth-order valence-corrected chi connectivity index (χ4v) is 3.42. The predicted octanol–water partition coefficient (Wildman–Crippen LogP) is 3.69. The molecule has 2 aromatic heterocycles. The van der Waals surface area contributed by atoms with Crippen molar-refractivity contribution in [3.05, 3.63) is 102 Å². The quantitative estimate of drug-likeness (QED) is 0.495.